The fourth-order valence-electron chi connectivity index (χ4n) is 4.45. The largest absolute Gasteiger partial charge is 0.436 e. The minimum atomic E-state index is -1.02. The number of nitrogens with two attached hydrogens (primary N) is 2. The van der Waals surface area contributed by atoms with Crippen LogP contribution in [-0.4, -0.2) is 20.2 Å². The number of rotatable bonds is 4. The zero-order valence-corrected chi connectivity index (χ0v) is 22.8. The predicted molar refractivity (Wildman–Crippen MR) is 158 cm³/mol. The molecule has 6 N–H and O–H groups in total. The lowest BCUT2D eigenvalue weighted by atomic mass is 9.96. The second-order valence-corrected chi connectivity index (χ2v) is 10.7. The Hall–Kier alpha value is -4.66. The first kappa shape index (κ1) is 26.9. The third-order valence-corrected chi connectivity index (χ3v) is 6.48. The third kappa shape index (κ3) is 5.54. The Morgan fingerprint density at radius 3 is 1.45 bits per heavy atom. The lowest BCUT2D eigenvalue weighted by molar-refractivity contribution is 0.0789. The van der Waals surface area contributed by atoms with Gasteiger partial charge in [0.1, 0.15) is 11.0 Å². The fraction of sp³-hybridized carbons (Fsp3) is 0.188. The van der Waals surface area contributed by atoms with Crippen LogP contribution < -0.4 is 11.5 Å². The Bertz CT molecular complexity index is 1640. The molecule has 6 aromatic rings. The normalized spacial score (nSPS) is 11.9. The second kappa shape index (κ2) is 10.1. The van der Waals surface area contributed by atoms with Crippen molar-refractivity contribution in [2.75, 3.05) is 11.5 Å². The minimum Gasteiger partial charge on any atom is -0.436 e. The quantitative estimate of drug-likeness (QED) is 0.184. The maximum Gasteiger partial charge on any atom is 0.227 e. The van der Waals surface area contributed by atoms with Gasteiger partial charge in [-0.1, -0.05) is 36.4 Å². The van der Waals surface area contributed by atoms with Gasteiger partial charge in [-0.2, -0.15) is 0 Å². The van der Waals surface area contributed by atoms with Gasteiger partial charge in [0.15, 0.2) is 11.2 Å². The first-order valence-electron chi connectivity index (χ1n) is 12.9. The molecule has 0 unspecified atom stereocenters. The van der Waals surface area contributed by atoms with Gasteiger partial charge in [0.25, 0.3) is 0 Å². The highest BCUT2D eigenvalue weighted by molar-refractivity contribution is 5.82. The van der Waals surface area contributed by atoms with Crippen LogP contribution in [0.25, 0.3) is 45.1 Å². The van der Waals surface area contributed by atoms with Gasteiger partial charge in [0.05, 0.1) is 11.2 Å². The number of aliphatic hydroxyl groups is 2. The maximum atomic E-state index is 10.1. The van der Waals surface area contributed by atoms with Gasteiger partial charge in [-0.15, -0.1) is 0 Å². The molecule has 0 radical (unpaired) electrons. The Morgan fingerprint density at radius 1 is 0.575 bits per heavy atom. The second-order valence-electron chi connectivity index (χ2n) is 10.7. The van der Waals surface area contributed by atoms with Crippen molar-refractivity contribution in [2.24, 2.45) is 0 Å². The molecule has 0 aliphatic rings. The van der Waals surface area contributed by atoms with Crippen LogP contribution in [-0.2, 0) is 11.2 Å². The standard InChI is InChI=1S/2C16H16N2O2/c1-16(2,19)11-8-14-13(9-12(11)17)18-15(20-14)10-6-4-3-5-7-10;1-16(2,19)11-8-13-14(9-12(11)17)20-15(18-13)10-6-4-3-5-7-10/h2*3-9,19H,17H2,1-2H3. The van der Waals surface area contributed by atoms with E-state index in [0.717, 1.165) is 11.1 Å². The zero-order valence-electron chi connectivity index (χ0n) is 22.8. The summed E-state index contributed by atoms with van der Waals surface area (Å²) >= 11 is 0. The Kier molecular flexibility index (Phi) is 6.83. The molecule has 0 saturated heterocycles. The van der Waals surface area contributed by atoms with Crippen molar-refractivity contribution in [3.63, 3.8) is 0 Å². The fourth-order valence-corrected chi connectivity index (χ4v) is 4.45. The van der Waals surface area contributed by atoms with Crippen LogP contribution in [0.4, 0.5) is 11.4 Å². The van der Waals surface area contributed by atoms with E-state index in [9.17, 15) is 10.2 Å². The zero-order chi connectivity index (χ0) is 28.7. The van der Waals surface area contributed by atoms with E-state index in [1.165, 1.54) is 0 Å². The van der Waals surface area contributed by atoms with E-state index in [0.29, 0.717) is 56.5 Å². The van der Waals surface area contributed by atoms with Gasteiger partial charge in [-0.25, -0.2) is 9.97 Å². The van der Waals surface area contributed by atoms with Crippen molar-refractivity contribution >= 4 is 33.6 Å². The van der Waals surface area contributed by atoms with Crippen molar-refractivity contribution in [3.05, 3.63) is 96.1 Å². The summed E-state index contributed by atoms with van der Waals surface area (Å²) in [6.45, 7) is 6.78. The summed E-state index contributed by atoms with van der Waals surface area (Å²) in [6, 6.07) is 26.3. The van der Waals surface area contributed by atoms with Gasteiger partial charge in [-0.05, 0) is 70.2 Å². The smallest absolute Gasteiger partial charge is 0.227 e. The number of anilines is 2. The van der Waals surface area contributed by atoms with Crippen LogP contribution in [0.2, 0.25) is 0 Å². The number of oxazole rings is 2. The lowest BCUT2D eigenvalue weighted by Gasteiger charge is -2.19. The molecule has 0 aliphatic carbocycles. The highest BCUT2D eigenvalue weighted by Crippen LogP contribution is 2.33. The molecule has 0 spiro atoms. The van der Waals surface area contributed by atoms with E-state index < -0.39 is 11.2 Å². The molecule has 40 heavy (non-hydrogen) atoms. The maximum absolute atomic E-state index is 10.1. The summed E-state index contributed by atoms with van der Waals surface area (Å²) in [5.74, 6) is 1.10. The minimum absolute atomic E-state index is 0.501. The first-order chi connectivity index (χ1) is 18.9. The number of hydrogen-bond acceptors (Lipinski definition) is 8. The molecule has 2 aromatic heterocycles. The van der Waals surface area contributed by atoms with E-state index in [1.54, 1.807) is 52.0 Å². The average molecular weight is 537 g/mol. The van der Waals surface area contributed by atoms with Crippen molar-refractivity contribution < 1.29 is 19.0 Å². The number of aromatic nitrogens is 2. The molecule has 0 bridgehead atoms. The number of nitrogens with zero attached hydrogens (tertiary/aromatic N) is 2. The highest BCUT2D eigenvalue weighted by Gasteiger charge is 2.22. The number of nitrogen functional groups attached to an aromatic ring is 2. The number of hydrogen-bond donors (Lipinski definition) is 4. The van der Waals surface area contributed by atoms with Crippen LogP contribution in [0, 0.1) is 0 Å². The van der Waals surface area contributed by atoms with Gasteiger partial charge >= 0.3 is 0 Å². The van der Waals surface area contributed by atoms with Crippen molar-refractivity contribution in [2.45, 2.75) is 38.9 Å². The Labute approximate surface area is 231 Å². The van der Waals surface area contributed by atoms with E-state index in [1.807, 2.05) is 60.7 Å². The monoisotopic (exact) mass is 536 g/mol. The molecule has 8 heteroatoms. The molecule has 0 amide bonds. The molecule has 0 atom stereocenters. The van der Waals surface area contributed by atoms with Crippen molar-refractivity contribution in [1.82, 2.24) is 9.97 Å². The van der Waals surface area contributed by atoms with E-state index >= 15 is 0 Å². The SMILES string of the molecule is CC(C)(O)c1cc2nc(-c3ccccc3)oc2cc1N.CC(C)(O)c1cc2oc(-c3ccccc3)nc2cc1N. The van der Waals surface area contributed by atoms with Crippen LogP contribution in [0.15, 0.2) is 93.8 Å². The van der Waals surface area contributed by atoms with Crippen LogP contribution >= 0.6 is 0 Å². The molecule has 204 valence electrons. The van der Waals surface area contributed by atoms with E-state index in [2.05, 4.69) is 9.97 Å². The molecule has 6 rings (SSSR count). The predicted octanol–water partition coefficient (Wildman–Crippen LogP) is 6.61. The van der Waals surface area contributed by atoms with Crippen molar-refractivity contribution in [3.8, 4) is 22.9 Å². The van der Waals surface area contributed by atoms with Gasteiger partial charge in [-0.3, -0.25) is 0 Å². The average Bonchev–Trinajstić information content (AvgIpc) is 3.51. The molecule has 4 aromatic carbocycles. The third-order valence-electron chi connectivity index (χ3n) is 6.48. The van der Waals surface area contributed by atoms with Crippen molar-refractivity contribution in [1.29, 1.82) is 0 Å². The van der Waals surface area contributed by atoms with Gasteiger partial charge in [0.2, 0.25) is 11.8 Å². The van der Waals surface area contributed by atoms with Gasteiger partial charge in [0, 0.05) is 39.7 Å². The lowest BCUT2D eigenvalue weighted by Crippen LogP contribution is -2.17. The highest BCUT2D eigenvalue weighted by atomic mass is 16.4. The van der Waals surface area contributed by atoms with Crippen LogP contribution in [0.1, 0.15) is 38.8 Å². The van der Waals surface area contributed by atoms with E-state index in [4.69, 9.17) is 20.3 Å². The first-order valence-corrected chi connectivity index (χ1v) is 12.9. The summed E-state index contributed by atoms with van der Waals surface area (Å²) in [4.78, 5) is 8.90. The number of benzene rings is 4. The Balaban J connectivity index is 0.000000161. The molecule has 0 fully saturated rings. The summed E-state index contributed by atoms with van der Waals surface area (Å²) in [7, 11) is 0. The van der Waals surface area contributed by atoms with Crippen LogP contribution in [0.5, 0.6) is 0 Å². The molecular formula is C32H32N4O4. The summed E-state index contributed by atoms with van der Waals surface area (Å²) in [5.41, 5.74) is 16.7. The summed E-state index contributed by atoms with van der Waals surface area (Å²) < 4.78 is 11.5. The summed E-state index contributed by atoms with van der Waals surface area (Å²) in [6.07, 6.45) is 0. The molecule has 0 saturated carbocycles. The number of fused-ring (bicyclic) bond motifs is 2. The molecule has 8 nitrogen and oxygen atoms in total. The molecule has 2 heterocycles. The molecule has 0 aliphatic heterocycles. The Morgan fingerprint density at radius 2 is 0.975 bits per heavy atom. The van der Waals surface area contributed by atoms with Crippen LogP contribution in [0.3, 0.4) is 0 Å². The van der Waals surface area contributed by atoms with Gasteiger partial charge < -0.3 is 30.5 Å². The topological polar surface area (TPSA) is 145 Å². The van der Waals surface area contributed by atoms with E-state index in [-0.39, 0.29) is 0 Å². The summed E-state index contributed by atoms with van der Waals surface area (Å²) in [5, 5.41) is 20.2. The molecular weight excluding hydrogens is 504 g/mol.